The summed E-state index contributed by atoms with van der Waals surface area (Å²) in [6.45, 7) is 1.92. The Morgan fingerprint density at radius 1 is 1.46 bits per heavy atom. The maximum Gasteiger partial charge on any atom is 0.166 e. The van der Waals surface area contributed by atoms with Crippen LogP contribution in [0.1, 0.15) is 22.8 Å². The van der Waals surface area contributed by atoms with Crippen molar-refractivity contribution in [2.45, 2.75) is 13.3 Å². The van der Waals surface area contributed by atoms with Crippen LogP contribution in [0.15, 0.2) is 18.2 Å². The van der Waals surface area contributed by atoms with Crippen LogP contribution in [0.5, 0.6) is 5.75 Å². The molecular formula is C10H10NaO2. The van der Waals surface area contributed by atoms with E-state index in [1.54, 1.807) is 18.2 Å². The Hall–Kier alpha value is -0.310. The SMILES string of the molecule is CC1Cc2cc(O)ccc2C1=O.[Na]. The molecule has 1 aromatic carbocycles. The first-order chi connectivity index (χ1) is 5.68. The minimum atomic E-state index is 0. The van der Waals surface area contributed by atoms with Gasteiger partial charge in [0.15, 0.2) is 5.78 Å². The van der Waals surface area contributed by atoms with Crippen LogP contribution in [-0.4, -0.2) is 40.4 Å². The van der Waals surface area contributed by atoms with Crippen molar-refractivity contribution in [3.63, 3.8) is 0 Å². The van der Waals surface area contributed by atoms with E-state index < -0.39 is 0 Å². The number of Topliss-reactive ketones (excluding diaryl/α,β-unsaturated/α-hetero) is 1. The molecule has 0 saturated carbocycles. The van der Waals surface area contributed by atoms with Crippen molar-refractivity contribution in [1.29, 1.82) is 0 Å². The molecule has 0 aliphatic heterocycles. The Morgan fingerprint density at radius 3 is 2.85 bits per heavy atom. The quantitative estimate of drug-likeness (QED) is 0.620. The van der Waals surface area contributed by atoms with Crippen molar-refractivity contribution >= 4 is 35.3 Å². The fourth-order valence-electron chi connectivity index (χ4n) is 1.68. The molecule has 63 valence electrons. The number of ketones is 1. The topological polar surface area (TPSA) is 37.3 Å². The van der Waals surface area contributed by atoms with E-state index in [-0.39, 0.29) is 47.0 Å². The van der Waals surface area contributed by atoms with Crippen LogP contribution in [0.3, 0.4) is 0 Å². The van der Waals surface area contributed by atoms with Gasteiger partial charge in [-0.25, -0.2) is 0 Å². The van der Waals surface area contributed by atoms with Crippen LogP contribution in [0, 0.1) is 5.92 Å². The van der Waals surface area contributed by atoms with E-state index in [1.165, 1.54) is 0 Å². The Bertz CT molecular complexity index is 347. The van der Waals surface area contributed by atoms with Crippen LogP contribution >= 0.6 is 0 Å². The van der Waals surface area contributed by atoms with Crippen LogP contribution in [0.4, 0.5) is 0 Å². The number of aromatic hydroxyl groups is 1. The van der Waals surface area contributed by atoms with Gasteiger partial charge in [-0.3, -0.25) is 4.79 Å². The molecule has 1 atom stereocenters. The van der Waals surface area contributed by atoms with Gasteiger partial charge >= 0.3 is 0 Å². The number of benzene rings is 1. The van der Waals surface area contributed by atoms with Gasteiger partial charge in [0.05, 0.1) is 0 Å². The van der Waals surface area contributed by atoms with E-state index >= 15 is 0 Å². The average molecular weight is 185 g/mol. The standard InChI is InChI=1S/C10H10O2.Na/c1-6-4-7-5-8(11)2-3-9(7)10(6)12;/h2-3,5-6,11H,4H2,1H3;. The second-order valence-corrected chi connectivity index (χ2v) is 3.31. The smallest absolute Gasteiger partial charge is 0.166 e. The number of carbonyl (C=O) groups excluding carboxylic acids is 1. The summed E-state index contributed by atoms with van der Waals surface area (Å²) in [6, 6.07) is 4.95. The summed E-state index contributed by atoms with van der Waals surface area (Å²) in [7, 11) is 0. The maximum atomic E-state index is 11.4. The summed E-state index contributed by atoms with van der Waals surface area (Å²) in [6.07, 6.45) is 0.766. The number of fused-ring (bicyclic) bond motifs is 1. The third kappa shape index (κ3) is 1.80. The van der Waals surface area contributed by atoms with Gasteiger partial charge in [-0.05, 0) is 30.2 Å². The summed E-state index contributed by atoms with van der Waals surface area (Å²) in [5, 5.41) is 9.16. The zero-order chi connectivity index (χ0) is 8.72. The minimum absolute atomic E-state index is 0. The molecule has 0 heterocycles. The molecule has 0 fully saturated rings. The minimum Gasteiger partial charge on any atom is -0.508 e. The zero-order valence-corrected chi connectivity index (χ0v) is 9.87. The molecule has 0 amide bonds. The van der Waals surface area contributed by atoms with Gasteiger partial charge < -0.3 is 5.11 Å². The normalized spacial score (nSPS) is 19.5. The second-order valence-electron chi connectivity index (χ2n) is 3.31. The van der Waals surface area contributed by atoms with Gasteiger partial charge in [-0.1, -0.05) is 6.92 Å². The van der Waals surface area contributed by atoms with Gasteiger partial charge in [0, 0.05) is 41.0 Å². The summed E-state index contributed by atoms with van der Waals surface area (Å²) < 4.78 is 0. The Morgan fingerprint density at radius 2 is 2.15 bits per heavy atom. The van der Waals surface area contributed by atoms with Crippen LogP contribution < -0.4 is 0 Å². The molecule has 3 heteroatoms. The van der Waals surface area contributed by atoms with E-state index in [1.807, 2.05) is 6.92 Å². The maximum absolute atomic E-state index is 11.4. The van der Waals surface area contributed by atoms with Crippen molar-refractivity contribution in [3.8, 4) is 5.75 Å². The van der Waals surface area contributed by atoms with Crippen molar-refractivity contribution in [2.75, 3.05) is 0 Å². The van der Waals surface area contributed by atoms with Crippen molar-refractivity contribution < 1.29 is 9.90 Å². The third-order valence-corrected chi connectivity index (χ3v) is 2.33. The molecule has 0 saturated heterocycles. The molecule has 1 aliphatic rings. The third-order valence-electron chi connectivity index (χ3n) is 2.33. The molecule has 1 aliphatic carbocycles. The Labute approximate surface area is 99.3 Å². The van der Waals surface area contributed by atoms with Crippen LogP contribution in [-0.2, 0) is 6.42 Å². The van der Waals surface area contributed by atoms with Gasteiger partial charge in [-0.15, -0.1) is 0 Å². The number of phenols is 1. The van der Waals surface area contributed by atoms with Crippen LogP contribution in [0.2, 0.25) is 0 Å². The number of hydrogen-bond donors (Lipinski definition) is 1. The number of carbonyl (C=O) groups is 1. The predicted molar refractivity (Wildman–Crippen MR) is 51.1 cm³/mol. The zero-order valence-electron chi connectivity index (χ0n) is 7.87. The molecule has 1 radical (unpaired) electrons. The van der Waals surface area contributed by atoms with Crippen molar-refractivity contribution in [3.05, 3.63) is 29.3 Å². The molecule has 0 bridgehead atoms. The Balaban J connectivity index is 0.000000845. The summed E-state index contributed by atoms with van der Waals surface area (Å²) in [5.74, 6) is 0.530. The molecule has 1 N–H and O–H groups in total. The van der Waals surface area contributed by atoms with E-state index in [2.05, 4.69) is 0 Å². The first-order valence-electron chi connectivity index (χ1n) is 4.04. The Kier molecular flexibility index (Phi) is 3.17. The number of rotatable bonds is 0. The molecule has 0 spiro atoms. The predicted octanol–water partition coefficient (Wildman–Crippen LogP) is 1.39. The van der Waals surface area contributed by atoms with E-state index in [0.717, 1.165) is 17.5 Å². The largest absolute Gasteiger partial charge is 0.508 e. The second kappa shape index (κ2) is 3.82. The molecule has 13 heavy (non-hydrogen) atoms. The molecule has 2 rings (SSSR count). The summed E-state index contributed by atoms with van der Waals surface area (Å²) in [4.78, 5) is 11.4. The summed E-state index contributed by atoms with van der Waals surface area (Å²) in [5.41, 5.74) is 1.76. The monoisotopic (exact) mass is 185 g/mol. The number of hydrogen-bond acceptors (Lipinski definition) is 2. The summed E-state index contributed by atoms with van der Waals surface area (Å²) >= 11 is 0. The van der Waals surface area contributed by atoms with Gasteiger partial charge in [0.25, 0.3) is 0 Å². The van der Waals surface area contributed by atoms with E-state index in [4.69, 9.17) is 5.11 Å². The van der Waals surface area contributed by atoms with Crippen molar-refractivity contribution in [2.24, 2.45) is 5.92 Å². The molecule has 2 nitrogen and oxygen atoms in total. The number of phenolic OH excluding ortho intramolecular Hbond substituents is 1. The average Bonchev–Trinajstić information content (AvgIpc) is 2.28. The molecule has 0 aromatic heterocycles. The fourth-order valence-corrected chi connectivity index (χ4v) is 1.68. The fraction of sp³-hybridized carbons (Fsp3) is 0.300. The van der Waals surface area contributed by atoms with E-state index in [0.29, 0.717) is 0 Å². The molecule has 1 aromatic rings. The van der Waals surface area contributed by atoms with Gasteiger partial charge in [-0.2, -0.15) is 0 Å². The van der Waals surface area contributed by atoms with Gasteiger partial charge in [0.2, 0.25) is 0 Å². The molecule has 1 unspecified atom stereocenters. The first kappa shape index (κ1) is 10.8. The van der Waals surface area contributed by atoms with Gasteiger partial charge in [0.1, 0.15) is 5.75 Å². The van der Waals surface area contributed by atoms with Crippen molar-refractivity contribution in [1.82, 2.24) is 0 Å². The van der Waals surface area contributed by atoms with Crippen LogP contribution in [0.25, 0.3) is 0 Å². The van der Waals surface area contributed by atoms with E-state index in [9.17, 15) is 4.79 Å². The molecular weight excluding hydrogens is 175 g/mol. The first-order valence-corrected chi connectivity index (χ1v) is 4.04.